The van der Waals surface area contributed by atoms with E-state index in [1.807, 2.05) is 19.1 Å². The summed E-state index contributed by atoms with van der Waals surface area (Å²) >= 11 is 5.86. The van der Waals surface area contributed by atoms with Crippen LogP contribution < -0.4 is 0 Å². The van der Waals surface area contributed by atoms with E-state index in [-0.39, 0.29) is 10.9 Å². The van der Waals surface area contributed by atoms with Gasteiger partial charge in [0.05, 0.1) is 0 Å². The summed E-state index contributed by atoms with van der Waals surface area (Å²) in [6.45, 7) is 5.02. The van der Waals surface area contributed by atoms with Crippen molar-refractivity contribution in [2.75, 3.05) is 7.05 Å². The Morgan fingerprint density at radius 3 is 2.29 bits per heavy atom. The molecule has 7 heteroatoms. The van der Waals surface area contributed by atoms with Crippen molar-refractivity contribution in [2.24, 2.45) is 0 Å². The van der Waals surface area contributed by atoms with Crippen LogP contribution in [-0.2, 0) is 10.0 Å². The van der Waals surface area contributed by atoms with Gasteiger partial charge in [0.15, 0.2) is 5.76 Å². The minimum Gasteiger partial charge on any atom is -0.360 e. The molecule has 21 heavy (non-hydrogen) atoms. The first-order valence-electron chi connectivity index (χ1n) is 6.41. The molecule has 1 heterocycles. The lowest BCUT2D eigenvalue weighted by Gasteiger charge is -2.24. The standard InChI is InChI=1S/C14H17ClN2O3S/c1-9-14(11(3)20-16-9)21(18,19)17(4)10(2)12-5-7-13(15)8-6-12/h5-8,10H,1-4H3/t10-/m1/s1. The Morgan fingerprint density at radius 1 is 1.24 bits per heavy atom. The van der Waals surface area contributed by atoms with Crippen LogP contribution in [0, 0.1) is 13.8 Å². The Balaban J connectivity index is 2.38. The van der Waals surface area contributed by atoms with E-state index >= 15 is 0 Å². The molecule has 2 aromatic rings. The molecule has 0 spiro atoms. The molecular formula is C14H17ClN2O3S. The summed E-state index contributed by atoms with van der Waals surface area (Å²) in [6.07, 6.45) is 0. The largest absolute Gasteiger partial charge is 0.360 e. The van der Waals surface area contributed by atoms with Crippen molar-refractivity contribution in [1.29, 1.82) is 0 Å². The van der Waals surface area contributed by atoms with Gasteiger partial charge in [0.1, 0.15) is 10.6 Å². The molecule has 0 aliphatic carbocycles. The van der Waals surface area contributed by atoms with E-state index in [2.05, 4.69) is 5.16 Å². The van der Waals surface area contributed by atoms with Crippen molar-refractivity contribution in [1.82, 2.24) is 9.46 Å². The predicted molar refractivity (Wildman–Crippen MR) is 80.8 cm³/mol. The second-order valence-corrected chi connectivity index (χ2v) is 7.27. The fourth-order valence-corrected chi connectivity index (χ4v) is 3.91. The SMILES string of the molecule is Cc1noc(C)c1S(=O)(=O)N(C)[C@H](C)c1ccc(Cl)cc1. The average molecular weight is 329 g/mol. The van der Waals surface area contributed by atoms with Gasteiger partial charge < -0.3 is 4.52 Å². The molecule has 2 rings (SSSR count). The van der Waals surface area contributed by atoms with Crippen molar-refractivity contribution in [3.05, 3.63) is 46.3 Å². The van der Waals surface area contributed by atoms with Crippen LogP contribution in [0.25, 0.3) is 0 Å². The van der Waals surface area contributed by atoms with Gasteiger partial charge in [0.2, 0.25) is 10.0 Å². The summed E-state index contributed by atoms with van der Waals surface area (Å²) in [6, 6.07) is 6.77. The zero-order valence-corrected chi connectivity index (χ0v) is 13.9. The second-order valence-electron chi connectivity index (χ2n) is 4.90. The van der Waals surface area contributed by atoms with Gasteiger partial charge in [-0.25, -0.2) is 8.42 Å². The molecule has 0 aliphatic heterocycles. The minimum atomic E-state index is -3.67. The molecule has 0 unspecified atom stereocenters. The summed E-state index contributed by atoms with van der Waals surface area (Å²) in [5, 5.41) is 4.32. The maximum absolute atomic E-state index is 12.7. The van der Waals surface area contributed by atoms with E-state index in [0.29, 0.717) is 16.5 Å². The molecule has 1 atom stereocenters. The quantitative estimate of drug-likeness (QED) is 0.863. The first kappa shape index (κ1) is 16.0. The lowest BCUT2D eigenvalue weighted by molar-refractivity contribution is 0.384. The zero-order chi connectivity index (χ0) is 15.8. The number of hydrogen-bond acceptors (Lipinski definition) is 4. The van der Waals surface area contributed by atoms with Crippen LogP contribution in [0.4, 0.5) is 0 Å². The maximum Gasteiger partial charge on any atom is 0.248 e. The van der Waals surface area contributed by atoms with Gasteiger partial charge in [-0.15, -0.1) is 0 Å². The molecule has 0 aliphatic rings. The third-order valence-electron chi connectivity index (χ3n) is 3.50. The van der Waals surface area contributed by atoms with Gasteiger partial charge in [0.25, 0.3) is 0 Å². The normalized spacial score (nSPS) is 13.6. The van der Waals surface area contributed by atoms with E-state index in [1.165, 1.54) is 4.31 Å². The van der Waals surface area contributed by atoms with Crippen LogP contribution >= 0.6 is 11.6 Å². The molecule has 0 amide bonds. The summed E-state index contributed by atoms with van der Waals surface area (Å²) in [7, 11) is -2.13. The van der Waals surface area contributed by atoms with Gasteiger partial charge in [0, 0.05) is 18.1 Å². The van der Waals surface area contributed by atoms with Crippen LogP contribution in [0.2, 0.25) is 5.02 Å². The fourth-order valence-electron chi connectivity index (χ4n) is 2.15. The van der Waals surface area contributed by atoms with Gasteiger partial charge >= 0.3 is 0 Å². The van der Waals surface area contributed by atoms with E-state index in [1.54, 1.807) is 33.0 Å². The molecule has 1 aromatic heterocycles. The maximum atomic E-state index is 12.7. The highest BCUT2D eigenvalue weighted by Gasteiger charge is 2.31. The lowest BCUT2D eigenvalue weighted by Crippen LogP contribution is -2.30. The van der Waals surface area contributed by atoms with Gasteiger partial charge in [-0.1, -0.05) is 28.9 Å². The summed E-state index contributed by atoms with van der Waals surface area (Å²) in [5.41, 5.74) is 1.22. The predicted octanol–water partition coefficient (Wildman–Crippen LogP) is 3.33. The fraction of sp³-hybridized carbons (Fsp3) is 0.357. The van der Waals surface area contributed by atoms with E-state index in [9.17, 15) is 8.42 Å². The van der Waals surface area contributed by atoms with Crippen LogP contribution in [0.1, 0.15) is 30.0 Å². The van der Waals surface area contributed by atoms with Gasteiger partial charge in [-0.05, 0) is 38.5 Å². The second kappa shape index (κ2) is 5.79. The van der Waals surface area contributed by atoms with E-state index in [4.69, 9.17) is 16.1 Å². The minimum absolute atomic E-state index is 0.130. The van der Waals surface area contributed by atoms with Crippen molar-refractivity contribution in [3.8, 4) is 0 Å². The smallest absolute Gasteiger partial charge is 0.248 e. The third-order valence-corrected chi connectivity index (χ3v) is 5.93. The average Bonchev–Trinajstić information content (AvgIpc) is 2.78. The molecule has 5 nitrogen and oxygen atoms in total. The third kappa shape index (κ3) is 2.97. The topological polar surface area (TPSA) is 63.4 Å². The number of benzene rings is 1. The number of halogens is 1. The molecule has 0 bridgehead atoms. The molecule has 114 valence electrons. The van der Waals surface area contributed by atoms with Gasteiger partial charge in [-0.3, -0.25) is 0 Å². The first-order chi connectivity index (χ1) is 9.75. The zero-order valence-electron chi connectivity index (χ0n) is 12.3. The molecule has 0 saturated heterocycles. The lowest BCUT2D eigenvalue weighted by atomic mass is 10.1. The Labute approximate surface area is 129 Å². The number of rotatable bonds is 4. The number of sulfonamides is 1. The van der Waals surface area contributed by atoms with Crippen LogP contribution in [0.5, 0.6) is 0 Å². The highest BCUT2D eigenvalue weighted by atomic mass is 35.5. The molecule has 0 radical (unpaired) electrons. The van der Waals surface area contributed by atoms with Crippen molar-refractivity contribution in [3.63, 3.8) is 0 Å². The van der Waals surface area contributed by atoms with Crippen LogP contribution in [0.3, 0.4) is 0 Å². The van der Waals surface area contributed by atoms with Crippen molar-refractivity contribution < 1.29 is 12.9 Å². The monoisotopic (exact) mass is 328 g/mol. The summed E-state index contributed by atoms with van der Waals surface area (Å²) in [4.78, 5) is 0.130. The van der Waals surface area contributed by atoms with Crippen molar-refractivity contribution in [2.45, 2.75) is 31.7 Å². The molecule has 0 fully saturated rings. The Hall–Kier alpha value is -1.37. The van der Waals surface area contributed by atoms with Gasteiger partial charge in [-0.2, -0.15) is 4.31 Å². The number of hydrogen-bond donors (Lipinski definition) is 0. The molecule has 0 N–H and O–H groups in total. The number of aromatic nitrogens is 1. The van der Waals surface area contributed by atoms with Crippen LogP contribution in [0.15, 0.2) is 33.7 Å². The Kier molecular flexibility index (Phi) is 4.41. The highest BCUT2D eigenvalue weighted by Crippen LogP contribution is 2.29. The Morgan fingerprint density at radius 2 is 1.81 bits per heavy atom. The highest BCUT2D eigenvalue weighted by molar-refractivity contribution is 7.89. The van der Waals surface area contributed by atoms with Crippen LogP contribution in [-0.4, -0.2) is 24.9 Å². The summed E-state index contributed by atoms with van der Waals surface area (Å²) in [5.74, 6) is 0.294. The number of aryl methyl sites for hydroxylation is 2. The van der Waals surface area contributed by atoms with E-state index in [0.717, 1.165) is 5.56 Å². The Bertz CT molecular complexity index is 719. The molecule has 0 saturated carbocycles. The van der Waals surface area contributed by atoms with E-state index < -0.39 is 10.0 Å². The van der Waals surface area contributed by atoms with Crippen molar-refractivity contribution >= 4 is 21.6 Å². The number of nitrogens with zero attached hydrogens (tertiary/aromatic N) is 2. The molecule has 1 aromatic carbocycles. The molecular weight excluding hydrogens is 312 g/mol. The first-order valence-corrected chi connectivity index (χ1v) is 8.23. The summed E-state index contributed by atoms with van der Waals surface area (Å²) < 4.78 is 31.7.